The Morgan fingerprint density at radius 1 is 0.920 bits per heavy atom. The maximum atomic E-state index is 12.7. The zero-order valence-electron chi connectivity index (χ0n) is 12.2. The number of hydrogen-bond donors (Lipinski definition) is 2. The smallest absolute Gasteiger partial charge is 0.508 e. The molecule has 0 bridgehead atoms. The van der Waals surface area contributed by atoms with E-state index in [4.69, 9.17) is 5.73 Å². The van der Waals surface area contributed by atoms with Gasteiger partial charge in [-0.3, -0.25) is 0 Å². The van der Waals surface area contributed by atoms with Crippen LogP contribution in [0, 0.1) is 0 Å². The second-order valence-corrected chi connectivity index (χ2v) is 4.87. The second kappa shape index (κ2) is 7.40. The molecule has 10 heteroatoms. The van der Waals surface area contributed by atoms with Gasteiger partial charge in [-0.25, -0.2) is 0 Å². The number of benzene rings is 2. The molecule has 0 unspecified atom stereocenters. The monoisotopic (exact) mass is 387 g/mol. The maximum absolute atomic E-state index is 12.7. The van der Waals surface area contributed by atoms with Crippen molar-refractivity contribution < 1.29 is 36.2 Å². The van der Waals surface area contributed by atoms with Crippen LogP contribution >= 0.6 is 12.4 Å². The van der Waals surface area contributed by atoms with Crippen LogP contribution in [-0.2, 0) is 6.18 Å². The van der Waals surface area contributed by atoms with Crippen LogP contribution in [0.2, 0.25) is 0 Å². The molecule has 1 atom stereocenters. The topological polar surface area (TPSA) is 55.5 Å². The van der Waals surface area contributed by atoms with Gasteiger partial charge in [0.25, 0.3) is 0 Å². The van der Waals surface area contributed by atoms with Crippen LogP contribution in [-0.4, -0.2) is 11.5 Å². The second-order valence-electron chi connectivity index (χ2n) is 4.87. The molecular formula is C15H12ClF6NO2. The highest BCUT2D eigenvalue weighted by molar-refractivity contribution is 5.85. The fourth-order valence-electron chi connectivity index (χ4n) is 2.04. The zero-order chi connectivity index (χ0) is 18.1. The summed E-state index contributed by atoms with van der Waals surface area (Å²) >= 11 is 0. The van der Waals surface area contributed by atoms with Crippen LogP contribution in [0.1, 0.15) is 22.7 Å². The van der Waals surface area contributed by atoms with Crippen LogP contribution in [0.4, 0.5) is 26.3 Å². The third-order valence-electron chi connectivity index (χ3n) is 3.16. The lowest BCUT2D eigenvalue weighted by molar-refractivity contribution is -0.274. The van der Waals surface area contributed by atoms with Crippen molar-refractivity contribution in [2.75, 3.05) is 0 Å². The van der Waals surface area contributed by atoms with E-state index in [9.17, 15) is 31.4 Å². The molecule has 25 heavy (non-hydrogen) atoms. The molecule has 0 aliphatic heterocycles. The van der Waals surface area contributed by atoms with Crippen LogP contribution in [0.25, 0.3) is 0 Å². The molecule has 0 saturated carbocycles. The highest BCUT2D eigenvalue weighted by atomic mass is 35.5. The van der Waals surface area contributed by atoms with Gasteiger partial charge in [0, 0.05) is 5.56 Å². The summed E-state index contributed by atoms with van der Waals surface area (Å²) in [5.41, 5.74) is 4.83. The minimum Gasteiger partial charge on any atom is -0.508 e. The predicted molar refractivity (Wildman–Crippen MR) is 79.5 cm³/mol. The maximum Gasteiger partial charge on any atom is 0.573 e. The van der Waals surface area contributed by atoms with E-state index in [0.29, 0.717) is 12.1 Å². The molecule has 0 heterocycles. The van der Waals surface area contributed by atoms with Gasteiger partial charge < -0.3 is 15.6 Å². The van der Waals surface area contributed by atoms with Crippen molar-refractivity contribution in [1.82, 2.24) is 0 Å². The highest BCUT2D eigenvalue weighted by Crippen LogP contribution is 2.36. The van der Waals surface area contributed by atoms with E-state index in [0.717, 1.165) is 18.2 Å². The molecule has 0 aromatic heterocycles. The average Bonchev–Trinajstić information content (AvgIpc) is 2.45. The Balaban J connectivity index is 0.00000312. The standard InChI is InChI=1S/C15H11F6NO2.ClH/c16-14(17,18)9-3-6-12(23)11(7-9)13(22)8-1-4-10(5-2-8)24-15(19,20)21;/h1-7,13,23H,22H2;1H/t13-;/m0./s1. The Morgan fingerprint density at radius 2 is 1.48 bits per heavy atom. The van der Waals surface area contributed by atoms with Crippen molar-refractivity contribution in [2.24, 2.45) is 5.73 Å². The Bertz CT molecular complexity index is 715. The number of nitrogens with two attached hydrogens (primary N) is 1. The minimum absolute atomic E-state index is 0. The molecule has 0 fully saturated rings. The van der Waals surface area contributed by atoms with Gasteiger partial charge in [-0.2, -0.15) is 13.2 Å². The fraction of sp³-hybridized carbons (Fsp3) is 0.200. The van der Waals surface area contributed by atoms with Gasteiger partial charge in [0.1, 0.15) is 11.5 Å². The van der Waals surface area contributed by atoms with E-state index in [2.05, 4.69) is 4.74 Å². The lowest BCUT2D eigenvalue weighted by Gasteiger charge is -2.17. The van der Waals surface area contributed by atoms with Gasteiger partial charge in [-0.15, -0.1) is 25.6 Å². The minimum atomic E-state index is -4.86. The number of hydrogen-bond acceptors (Lipinski definition) is 3. The molecule has 0 radical (unpaired) electrons. The van der Waals surface area contributed by atoms with Gasteiger partial charge in [0.15, 0.2) is 0 Å². The third-order valence-corrected chi connectivity index (χ3v) is 3.16. The first-order valence-electron chi connectivity index (χ1n) is 6.49. The van der Waals surface area contributed by atoms with E-state index in [1.165, 1.54) is 12.1 Å². The van der Waals surface area contributed by atoms with Crippen molar-refractivity contribution in [3.8, 4) is 11.5 Å². The molecule has 2 aromatic carbocycles. The van der Waals surface area contributed by atoms with Crippen LogP contribution < -0.4 is 10.5 Å². The van der Waals surface area contributed by atoms with Gasteiger partial charge in [0.2, 0.25) is 0 Å². The number of alkyl halides is 6. The molecule has 0 aliphatic carbocycles. The highest BCUT2D eigenvalue weighted by Gasteiger charge is 2.32. The van der Waals surface area contributed by atoms with Crippen LogP contribution in [0.5, 0.6) is 11.5 Å². The first kappa shape index (κ1) is 20.9. The van der Waals surface area contributed by atoms with Crippen molar-refractivity contribution in [3.63, 3.8) is 0 Å². The number of ether oxygens (including phenoxy) is 1. The summed E-state index contributed by atoms with van der Waals surface area (Å²) in [6.07, 6.45) is -9.48. The van der Waals surface area contributed by atoms with E-state index < -0.39 is 35.6 Å². The van der Waals surface area contributed by atoms with Gasteiger partial charge >= 0.3 is 12.5 Å². The lowest BCUT2D eigenvalue weighted by Crippen LogP contribution is -2.17. The SMILES string of the molecule is Cl.N[C@@H](c1ccc(OC(F)(F)F)cc1)c1cc(C(F)(F)F)ccc1O. The molecule has 0 aliphatic rings. The molecule has 3 nitrogen and oxygen atoms in total. The van der Waals surface area contributed by atoms with Crippen molar-refractivity contribution >= 4 is 12.4 Å². The van der Waals surface area contributed by atoms with Crippen LogP contribution in [0.15, 0.2) is 42.5 Å². The summed E-state index contributed by atoms with van der Waals surface area (Å²) < 4.78 is 78.1. The quantitative estimate of drug-likeness (QED) is 0.745. The van der Waals surface area contributed by atoms with Crippen molar-refractivity contribution in [2.45, 2.75) is 18.6 Å². The fourth-order valence-corrected chi connectivity index (χ4v) is 2.04. The summed E-state index contributed by atoms with van der Waals surface area (Å²) in [6, 6.07) is 5.40. The molecule has 2 rings (SSSR count). The number of phenols is 1. The first-order valence-corrected chi connectivity index (χ1v) is 6.49. The number of halogens is 7. The van der Waals surface area contributed by atoms with E-state index in [1.54, 1.807) is 0 Å². The zero-order valence-corrected chi connectivity index (χ0v) is 13.0. The van der Waals surface area contributed by atoms with Gasteiger partial charge in [-0.05, 0) is 35.9 Å². The summed E-state index contributed by atoms with van der Waals surface area (Å²) in [4.78, 5) is 0. The lowest BCUT2D eigenvalue weighted by atomic mass is 9.97. The molecule has 2 aromatic rings. The number of phenolic OH excluding ortho intramolecular Hbond substituents is 1. The Labute approximate surface area is 144 Å². The van der Waals surface area contributed by atoms with Gasteiger partial charge in [0.05, 0.1) is 11.6 Å². The Hall–Kier alpha value is -2.13. The van der Waals surface area contributed by atoms with Crippen LogP contribution in [0.3, 0.4) is 0 Å². The first-order chi connectivity index (χ1) is 11.0. The Morgan fingerprint density at radius 3 is 1.96 bits per heavy atom. The largest absolute Gasteiger partial charge is 0.573 e. The molecular weight excluding hydrogens is 376 g/mol. The molecule has 0 amide bonds. The number of rotatable bonds is 3. The van der Waals surface area contributed by atoms with Crippen molar-refractivity contribution in [3.05, 3.63) is 59.2 Å². The normalized spacial score (nSPS) is 13.1. The van der Waals surface area contributed by atoms with E-state index in [-0.39, 0.29) is 23.5 Å². The Kier molecular flexibility index (Phi) is 6.19. The summed E-state index contributed by atoms with van der Waals surface area (Å²) in [5.74, 6) is -0.946. The third kappa shape index (κ3) is 5.43. The molecule has 3 N–H and O–H groups in total. The van der Waals surface area contributed by atoms with Crippen molar-refractivity contribution in [1.29, 1.82) is 0 Å². The van der Waals surface area contributed by atoms with Gasteiger partial charge in [-0.1, -0.05) is 12.1 Å². The van der Waals surface area contributed by atoms with E-state index in [1.807, 2.05) is 0 Å². The predicted octanol–water partition coefficient (Wildman–Crippen LogP) is 4.78. The van der Waals surface area contributed by atoms with E-state index >= 15 is 0 Å². The summed E-state index contributed by atoms with van der Waals surface area (Å²) in [5, 5.41) is 9.72. The summed E-state index contributed by atoms with van der Waals surface area (Å²) in [6.45, 7) is 0. The molecule has 0 saturated heterocycles. The number of aromatic hydroxyl groups is 1. The summed E-state index contributed by atoms with van der Waals surface area (Å²) in [7, 11) is 0. The molecule has 138 valence electrons. The average molecular weight is 388 g/mol. The molecule has 0 spiro atoms.